The van der Waals surface area contributed by atoms with Gasteiger partial charge in [0.1, 0.15) is 0 Å². The van der Waals surface area contributed by atoms with E-state index in [0.717, 1.165) is 12.8 Å². The van der Waals surface area contributed by atoms with Crippen molar-refractivity contribution in [1.29, 1.82) is 0 Å². The third-order valence-electron chi connectivity index (χ3n) is 3.41. The number of hydrogen-bond acceptors (Lipinski definition) is 2. The van der Waals surface area contributed by atoms with Crippen LogP contribution in [0.1, 0.15) is 26.7 Å². The van der Waals surface area contributed by atoms with Gasteiger partial charge in [0.2, 0.25) is 0 Å². The Bertz CT molecular complexity index is 327. The van der Waals surface area contributed by atoms with Gasteiger partial charge in [0.05, 0.1) is 0 Å². The van der Waals surface area contributed by atoms with Crippen molar-refractivity contribution in [3.63, 3.8) is 0 Å². The molecule has 0 fully saturated rings. The molecule has 0 radical (unpaired) electrons. The van der Waals surface area contributed by atoms with Crippen LogP contribution in [0, 0.1) is 11.8 Å². The summed E-state index contributed by atoms with van der Waals surface area (Å²) < 4.78 is 0. The van der Waals surface area contributed by atoms with Crippen molar-refractivity contribution in [2.24, 2.45) is 11.8 Å². The first-order valence-electron chi connectivity index (χ1n) is 5.04. The molecule has 2 aliphatic rings. The highest BCUT2D eigenvalue weighted by atomic mass is 16.1. The number of allylic oxidation sites excluding steroid dienone is 4. The Hall–Kier alpha value is -1.18. The molecule has 0 aromatic heterocycles. The molecule has 0 heterocycles. The predicted octanol–water partition coefficient (Wildman–Crippen LogP) is 2.06. The molecule has 14 heavy (non-hydrogen) atoms. The Morgan fingerprint density at radius 2 is 1.29 bits per heavy atom. The number of ketones is 2. The summed E-state index contributed by atoms with van der Waals surface area (Å²) in [4.78, 5) is 23.7. The molecule has 2 atom stereocenters. The molecule has 0 saturated heterocycles. The fraction of sp³-hybridized carbons (Fsp3) is 0.500. The Morgan fingerprint density at radius 1 is 0.929 bits per heavy atom. The summed E-state index contributed by atoms with van der Waals surface area (Å²) in [5.74, 6) is 0.209. The summed E-state index contributed by atoms with van der Waals surface area (Å²) in [7, 11) is 0. The minimum atomic E-state index is -0.0730. The summed E-state index contributed by atoms with van der Waals surface area (Å²) in [5, 5.41) is 0. The molecule has 2 nitrogen and oxygen atoms in total. The van der Waals surface area contributed by atoms with Gasteiger partial charge in [-0.2, -0.15) is 0 Å². The Labute approximate surface area is 83.7 Å². The van der Waals surface area contributed by atoms with E-state index in [2.05, 4.69) is 0 Å². The maximum absolute atomic E-state index is 11.9. The maximum atomic E-state index is 11.9. The average molecular weight is 190 g/mol. The van der Waals surface area contributed by atoms with E-state index in [1.165, 1.54) is 0 Å². The van der Waals surface area contributed by atoms with Crippen molar-refractivity contribution in [3.05, 3.63) is 23.3 Å². The van der Waals surface area contributed by atoms with Crippen molar-refractivity contribution in [1.82, 2.24) is 0 Å². The zero-order valence-electron chi connectivity index (χ0n) is 8.54. The van der Waals surface area contributed by atoms with Crippen LogP contribution in [-0.2, 0) is 9.59 Å². The van der Waals surface area contributed by atoms with E-state index >= 15 is 0 Å². The topological polar surface area (TPSA) is 34.1 Å². The third-order valence-corrected chi connectivity index (χ3v) is 3.41. The minimum Gasteiger partial charge on any atom is -0.294 e. The average Bonchev–Trinajstić information content (AvgIpc) is 2.23. The van der Waals surface area contributed by atoms with Crippen molar-refractivity contribution in [2.75, 3.05) is 0 Å². The maximum Gasteiger partial charge on any atom is 0.163 e. The molecule has 0 N–H and O–H groups in total. The zero-order valence-corrected chi connectivity index (χ0v) is 8.54. The molecule has 2 heteroatoms. The van der Waals surface area contributed by atoms with Crippen molar-refractivity contribution < 1.29 is 9.59 Å². The lowest BCUT2D eigenvalue weighted by molar-refractivity contribution is -0.130. The Morgan fingerprint density at radius 3 is 1.64 bits per heavy atom. The number of carbonyl (C=O) groups is 2. The predicted molar refractivity (Wildman–Crippen MR) is 53.7 cm³/mol. The second-order valence-corrected chi connectivity index (χ2v) is 4.13. The number of hydrogen-bond donors (Lipinski definition) is 0. The van der Waals surface area contributed by atoms with Crippen LogP contribution in [0.2, 0.25) is 0 Å². The van der Waals surface area contributed by atoms with Gasteiger partial charge in [0.25, 0.3) is 0 Å². The third kappa shape index (κ3) is 1.17. The lowest BCUT2D eigenvalue weighted by Gasteiger charge is -2.31. The lowest BCUT2D eigenvalue weighted by Crippen LogP contribution is -2.37. The van der Waals surface area contributed by atoms with Crippen LogP contribution in [0.5, 0.6) is 0 Å². The first-order valence-corrected chi connectivity index (χ1v) is 5.04. The molecule has 0 bridgehead atoms. The van der Waals surface area contributed by atoms with Crippen molar-refractivity contribution in [3.8, 4) is 0 Å². The van der Waals surface area contributed by atoms with Crippen molar-refractivity contribution >= 4 is 11.6 Å². The van der Waals surface area contributed by atoms with Gasteiger partial charge in [0.15, 0.2) is 11.6 Å². The second-order valence-electron chi connectivity index (χ2n) is 4.13. The van der Waals surface area contributed by atoms with Crippen molar-refractivity contribution in [2.45, 2.75) is 26.7 Å². The molecule has 2 aliphatic carbocycles. The first kappa shape index (κ1) is 9.38. The number of carbonyl (C=O) groups excluding carboxylic acids is 2. The van der Waals surface area contributed by atoms with E-state index in [1.54, 1.807) is 13.8 Å². The normalized spacial score (nSPS) is 32.1. The van der Waals surface area contributed by atoms with E-state index in [9.17, 15) is 9.59 Å². The highest BCUT2D eigenvalue weighted by Crippen LogP contribution is 2.35. The van der Waals surface area contributed by atoms with Crippen LogP contribution >= 0.6 is 0 Å². The molecule has 0 aromatic carbocycles. The smallest absolute Gasteiger partial charge is 0.163 e. The summed E-state index contributed by atoms with van der Waals surface area (Å²) in [6.45, 7) is 3.54. The second kappa shape index (κ2) is 3.19. The lowest BCUT2D eigenvalue weighted by atomic mass is 9.70. The molecular weight excluding hydrogens is 176 g/mol. The van der Waals surface area contributed by atoms with Crippen LogP contribution in [0.3, 0.4) is 0 Å². The molecule has 2 rings (SSSR count). The molecule has 0 aromatic rings. The van der Waals surface area contributed by atoms with Crippen LogP contribution < -0.4 is 0 Å². The summed E-state index contributed by atoms with van der Waals surface area (Å²) in [6, 6.07) is 0. The van der Waals surface area contributed by atoms with Gasteiger partial charge in [-0.3, -0.25) is 9.59 Å². The number of fused-ring (bicyclic) bond motifs is 1. The standard InChI is InChI=1S/C12H14O2/c1-7-8(2)12(14)10-6-4-3-5-9(10)11(7)13/h3-4,9-10H,5-6H2,1-2H3/t9-,10-/m1/s1. The summed E-state index contributed by atoms with van der Waals surface area (Å²) >= 11 is 0. The van der Waals surface area contributed by atoms with E-state index in [4.69, 9.17) is 0 Å². The first-order chi connectivity index (χ1) is 6.63. The fourth-order valence-electron chi connectivity index (χ4n) is 2.32. The van der Waals surface area contributed by atoms with Gasteiger partial charge in [-0.05, 0) is 37.8 Å². The number of Topliss-reactive ketones (excluding diaryl/α,β-unsaturated/α-hetero) is 2. The van der Waals surface area contributed by atoms with Crippen LogP contribution in [0.25, 0.3) is 0 Å². The van der Waals surface area contributed by atoms with Crippen LogP contribution in [-0.4, -0.2) is 11.6 Å². The molecule has 0 spiro atoms. The number of rotatable bonds is 0. The summed E-state index contributed by atoms with van der Waals surface area (Å²) in [5.41, 5.74) is 1.35. The van der Waals surface area contributed by atoms with E-state index in [0.29, 0.717) is 11.1 Å². The van der Waals surface area contributed by atoms with Crippen LogP contribution in [0.4, 0.5) is 0 Å². The van der Waals surface area contributed by atoms with Gasteiger partial charge < -0.3 is 0 Å². The zero-order chi connectivity index (χ0) is 10.3. The largest absolute Gasteiger partial charge is 0.294 e. The van der Waals surface area contributed by atoms with E-state index in [-0.39, 0.29) is 23.4 Å². The molecule has 0 aliphatic heterocycles. The van der Waals surface area contributed by atoms with E-state index in [1.807, 2.05) is 12.2 Å². The fourth-order valence-corrected chi connectivity index (χ4v) is 2.32. The van der Waals surface area contributed by atoms with Crippen LogP contribution in [0.15, 0.2) is 23.3 Å². The quantitative estimate of drug-likeness (QED) is 0.548. The van der Waals surface area contributed by atoms with Gasteiger partial charge in [-0.25, -0.2) is 0 Å². The van der Waals surface area contributed by atoms with Gasteiger partial charge >= 0.3 is 0 Å². The SMILES string of the molecule is CC1=C(C)C(=O)[C@@H]2CC=CC[C@H]2C1=O. The molecule has 0 amide bonds. The Kier molecular flexibility index (Phi) is 2.14. The molecule has 0 saturated carbocycles. The monoisotopic (exact) mass is 190 g/mol. The van der Waals surface area contributed by atoms with Gasteiger partial charge in [-0.1, -0.05) is 12.2 Å². The van der Waals surface area contributed by atoms with Gasteiger partial charge in [0, 0.05) is 11.8 Å². The van der Waals surface area contributed by atoms with E-state index < -0.39 is 0 Å². The Balaban J connectivity index is 2.44. The summed E-state index contributed by atoms with van der Waals surface area (Å²) in [6.07, 6.45) is 5.50. The molecule has 0 unspecified atom stereocenters. The molecule has 74 valence electrons. The molecular formula is C12H14O2. The highest BCUT2D eigenvalue weighted by Gasteiger charge is 2.39. The minimum absolute atomic E-state index is 0.0730. The highest BCUT2D eigenvalue weighted by molar-refractivity contribution is 6.13. The van der Waals surface area contributed by atoms with Gasteiger partial charge in [-0.15, -0.1) is 0 Å².